The molecule has 0 radical (unpaired) electrons. The van der Waals surface area contributed by atoms with Crippen LogP contribution >= 0.6 is 0 Å². The van der Waals surface area contributed by atoms with E-state index in [0.29, 0.717) is 29.8 Å². The zero-order valence-electron chi connectivity index (χ0n) is 21.0. The zero-order chi connectivity index (χ0) is 22.6. The maximum absolute atomic E-state index is 6.45. The van der Waals surface area contributed by atoms with Crippen LogP contribution in [0.4, 0.5) is 0 Å². The molecule has 4 rings (SSSR count). The summed E-state index contributed by atoms with van der Waals surface area (Å²) in [6.45, 7) is 17.0. The van der Waals surface area contributed by atoms with E-state index < -0.39 is 0 Å². The van der Waals surface area contributed by atoms with Crippen molar-refractivity contribution in [3.8, 4) is 12.3 Å². The van der Waals surface area contributed by atoms with Crippen molar-refractivity contribution in [2.45, 2.75) is 106 Å². The smallest absolute Gasteiger partial charge is 0.155 e. The van der Waals surface area contributed by atoms with Crippen molar-refractivity contribution in [3.63, 3.8) is 0 Å². The van der Waals surface area contributed by atoms with Crippen LogP contribution in [0.25, 0.3) is 0 Å². The van der Waals surface area contributed by atoms with Crippen LogP contribution in [0, 0.1) is 46.3 Å². The molecule has 1 saturated carbocycles. The van der Waals surface area contributed by atoms with Gasteiger partial charge in [-0.3, -0.25) is 0 Å². The molecule has 0 amide bonds. The monoisotopic (exact) mass is 424 g/mol. The standard InChI is InChI=1S/C29H44O2/c1-9-19(3)22-12-13-23-21-11-14-25-27(5,6)26(31-20(4)30-10-2)16-18-29(25,8)24(21)15-17-28(22,23)7/h1,13,19-20,22,25-26H,10-12,14-18H2,2-8H3/t19-,20?,22-,25+,26+,28-,29-/m1/s1. The van der Waals surface area contributed by atoms with Crippen molar-refractivity contribution in [3.05, 3.63) is 22.8 Å². The number of fused-ring (bicyclic) bond motifs is 4. The van der Waals surface area contributed by atoms with Gasteiger partial charge in [0.25, 0.3) is 0 Å². The van der Waals surface area contributed by atoms with Gasteiger partial charge in [0.05, 0.1) is 6.10 Å². The summed E-state index contributed by atoms with van der Waals surface area (Å²) in [5, 5.41) is 0. The summed E-state index contributed by atoms with van der Waals surface area (Å²) in [7, 11) is 0. The summed E-state index contributed by atoms with van der Waals surface area (Å²) in [5.74, 6) is 4.68. The Morgan fingerprint density at radius 3 is 2.52 bits per heavy atom. The number of rotatable bonds is 5. The van der Waals surface area contributed by atoms with Gasteiger partial charge in [0.15, 0.2) is 6.29 Å². The Hall–Kier alpha value is -1.04. The molecule has 2 heteroatoms. The fourth-order valence-electron chi connectivity index (χ4n) is 8.32. The molecule has 0 aromatic heterocycles. The Morgan fingerprint density at radius 1 is 1.10 bits per heavy atom. The van der Waals surface area contributed by atoms with Crippen LogP contribution in [0.15, 0.2) is 22.8 Å². The Balaban J connectivity index is 1.63. The van der Waals surface area contributed by atoms with Crippen molar-refractivity contribution < 1.29 is 9.47 Å². The first-order valence-electron chi connectivity index (χ1n) is 12.8. The highest BCUT2D eigenvalue weighted by Gasteiger charge is 2.58. The molecule has 0 aromatic carbocycles. The Labute approximate surface area is 191 Å². The summed E-state index contributed by atoms with van der Waals surface area (Å²) < 4.78 is 12.2. The first-order valence-corrected chi connectivity index (χ1v) is 12.8. The molecule has 4 aliphatic rings. The second-order valence-corrected chi connectivity index (χ2v) is 11.8. The molecule has 1 fully saturated rings. The molecule has 0 spiro atoms. The van der Waals surface area contributed by atoms with E-state index in [4.69, 9.17) is 15.9 Å². The molecule has 0 saturated heterocycles. The maximum Gasteiger partial charge on any atom is 0.155 e. The summed E-state index contributed by atoms with van der Waals surface area (Å²) in [4.78, 5) is 0. The molecule has 0 aromatic rings. The Morgan fingerprint density at radius 2 is 1.84 bits per heavy atom. The molecule has 4 aliphatic carbocycles. The van der Waals surface area contributed by atoms with Gasteiger partial charge in [-0.05, 0) is 98.0 Å². The van der Waals surface area contributed by atoms with Gasteiger partial charge in [-0.1, -0.05) is 46.3 Å². The second-order valence-electron chi connectivity index (χ2n) is 11.8. The molecule has 0 N–H and O–H groups in total. The minimum atomic E-state index is -0.119. The first kappa shape index (κ1) is 23.1. The van der Waals surface area contributed by atoms with Crippen LogP contribution in [-0.2, 0) is 9.47 Å². The second kappa shape index (κ2) is 8.07. The van der Waals surface area contributed by atoms with Crippen LogP contribution in [0.2, 0.25) is 0 Å². The van der Waals surface area contributed by atoms with Crippen LogP contribution in [-0.4, -0.2) is 19.0 Å². The molecule has 172 valence electrons. The Bertz CT molecular complexity index is 811. The van der Waals surface area contributed by atoms with E-state index in [9.17, 15) is 0 Å². The van der Waals surface area contributed by atoms with Gasteiger partial charge in [0.1, 0.15) is 0 Å². The van der Waals surface area contributed by atoms with Crippen molar-refractivity contribution >= 4 is 0 Å². The lowest BCUT2D eigenvalue weighted by molar-refractivity contribution is -0.214. The van der Waals surface area contributed by atoms with Gasteiger partial charge < -0.3 is 9.47 Å². The fraction of sp³-hybridized carbons (Fsp3) is 0.793. The van der Waals surface area contributed by atoms with Crippen molar-refractivity contribution in [1.29, 1.82) is 0 Å². The van der Waals surface area contributed by atoms with Crippen LogP contribution in [0.3, 0.4) is 0 Å². The van der Waals surface area contributed by atoms with Gasteiger partial charge in [-0.2, -0.15) is 0 Å². The molecule has 31 heavy (non-hydrogen) atoms. The van der Waals surface area contributed by atoms with E-state index in [1.165, 1.54) is 32.1 Å². The maximum atomic E-state index is 6.45. The fourth-order valence-corrected chi connectivity index (χ4v) is 8.32. The highest BCUT2D eigenvalue weighted by molar-refractivity contribution is 5.50. The highest BCUT2D eigenvalue weighted by Crippen LogP contribution is 2.66. The summed E-state index contributed by atoms with van der Waals surface area (Å²) in [6, 6.07) is 0. The minimum absolute atomic E-state index is 0.119. The predicted octanol–water partition coefficient (Wildman–Crippen LogP) is 7.30. The van der Waals surface area contributed by atoms with E-state index in [1.807, 2.05) is 6.92 Å². The van der Waals surface area contributed by atoms with Gasteiger partial charge >= 0.3 is 0 Å². The van der Waals surface area contributed by atoms with Crippen molar-refractivity contribution in [2.75, 3.05) is 6.61 Å². The third-order valence-electron chi connectivity index (χ3n) is 10.0. The van der Waals surface area contributed by atoms with E-state index in [2.05, 4.69) is 53.5 Å². The molecule has 0 aliphatic heterocycles. The molecular weight excluding hydrogens is 380 g/mol. The molecule has 0 heterocycles. The van der Waals surface area contributed by atoms with Crippen molar-refractivity contribution in [1.82, 2.24) is 0 Å². The minimum Gasteiger partial charge on any atom is -0.353 e. The van der Waals surface area contributed by atoms with E-state index in [0.717, 1.165) is 12.8 Å². The van der Waals surface area contributed by atoms with E-state index in [-0.39, 0.29) is 23.2 Å². The van der Waals surface area contributed by atoms with Crippen LogP contribution in [0.5, 0.6) is 0 Å². The largest absolute Gasteiger partial charge is 0.353 e. The lowest BCUT2D eigenvalue weighted by atomic mass is 9.46. The van der Waals surface area contributed by atoms with E-state index in [1.54, 1.807) is 16.7 Å². The quantitative estimate of drug-likeness (QED) is 0.340. The first-order chi connectivity index (χ1) is 14.6. The number of hydrogen-bond acceptors (Lipinski definition) is 2. The zero-order valence-corrected chi connectivity index (χ0v) is 21.0. The topological polar surface area (TPSA) is 18.5 Å². The third-order valence-corrected chi connectivity index (χ3v) is 10.0. The molecule has 7 atom stereocenters. The molecular formula is C29H44O2. The van der Waals surface area contributed by atoms with Gasteiger partial charge in [0.2, 0.25) is 0 Å². The summed E-state index contributed by atoms with van der Waals surface area (Å²) >= 11 is 0. The number of allylic oxidation sites excluding steroid dienone is 4. The number of ether oxygens (including phenoxy) is 2. The van der Waals surface area contributed by atoms with Crippen LogP contribution < -0.4 is 0 Å². The lowest BCUT2D eigenvalue weighted by Crippen LogP contribution is -2.54. The highest BCUT2D eigenvalue weighted by atomic mass is 16.7. The van der Waals surface area contributed by atoms with Gasteiger partial charge in [-0.15, -0.1) is 12.3 Å². The number of terminal acetylenes is 1. The molecule has 0 bridgehead atoms. The Kier molecular flexibility index (Phi) is 6.02. The SMILES string of the molecule is C#C[C@@H](C)[C@H]1CC=C2C3=C(CC[C@@]21C)[C@@]1(C)CC[C@H](OC(C)OCC)C(C)(C)[C@@H]1CC3. The number of hydrogen-bond donors (Lipinski definition) is 0. The summed E-state index contributed by atoms with van der Waals surface area (Å²) in [5.41, 5.74) is 5.90. The summed E-state index contributed by atoms with van der Waals surface area (Å²) in [6.07, 6.45) is 17.1. The normalized spacial score (nSPS) is 40.8. The average Bonchev–Trinajstić information content (AvgIpc) is 3.07. The van der Waals surface area contributed by atoms with Gasteiger partial charge in [0, 0.05) is 12.5 Å². The van der Waals surface area contributed by atoms with Crippen LogP contribution in [0.1, 0.15) is 93.4 Å². The average molecular weight is 425 g/mol. The van der Waals surface area contributed by atoms with Crippen molar-refractivity contribution in [2.24, 2.45) is 34.0 Å². The van der Waals surface area contributed by atoms with E-state index >= 15 is 0 Å². The van der Waals surface area contributed by atoms with Gasteiger partial charge in [-0.25, -0.2) is 0 Å². The third kappa shape index (κ3) is 3.46. The predicted molar refractivity (Wildman–Crippen MR) is 128 cm³/mol. The molecule has 1 unspecified atom stereocenters. The lowest BCUT2D eigenvalue weighted by Gasteiger charge is -2.60. The molecule has 2 nitrogen and oxygen atoms in total.